The van der Waals surface area contributed by atoms with Crippen LogP contribution in [0.2, 0.25) is 0 Å². The fraction of sp³-hybridized carbons (Fsp3) is 0.263. The van der Waals surface area contributed by atoms with Crippen LogP contribution in [0.3, 0.4) is 0 Å². The van der Waals surface area contributed by atoms with Crippen LogP contribution in [0.1, 0.15) is 11.1 Å². The van der Waals surface area contributed by atoms with Crippen molar-refractivity contribution in [2.24, 2.45) is 5.10 Å². The lowest BCUT2D eigenvalue weighted by Gasteiger charge is -2.10. The molecule has 0 fully saturated rings. The molecule has 5 heteroatoms. The van der Waals surface area contributed by atoms with Gasteiger partial charge in [0.25, 0.3) is 0 Å². The van der Waals surface area contributed by atoms with Crippen LogP contribution >= 0.6 is 12.2 Å². The molecular weight excluding hydrogens is 318 g/mol. The highest BCUT2D eigenvalue weighted by atomic mass is 32.1. The molecule has 0 aliphatic carbocycles. The molecule has 0 saturated carbocycles. The van der Waals surface area contributed by atoms with Gasteiger partial charge < -0.3 is 10.1 Å². The predicted molar refractivity (Wildman–Crippen MR) is 103 cm³/mol. The molecule has 0 spiro atoms. The van der Waals surface area contributed by atoms with Crippen LogP contribution in [-0.4, -0.2) is 31.1 Å². The van der Waals surface area contributed by atoms with Crippen molar-refractivity contribution in [3.8, 4) is 0 Å². The fourth-order valence-corrected chi connectivity index (χ4v) is 2.39. The Labute approximate surface area is 148 Å². The third kappa shape index (κ3) is 6.89. The first kappa shape index (κ1) is 18.1. The molecule has 0 aromatic heterocycles. The summed E-state index contributed by atoms with van der Waals surface area (Å²) in [5, 5.41) is 8.08. The summed E-state index contributed by atoms with van der Waals surface area (Å²) in [4.78, 5) is 0. The van der Waals surface area contributed by atoms with Gasteiger partial charge in [-0.2, -0.15) is 5.10 Å². The molecule has 2 aromatic rings. The normalized spacial score (nSPS) is 10.0. The Morgan fingerprint density at radius 1 is 0.958 bits per heavy atom. The van der Waals surface area contributed by atoms with Gasteiger partial charge in [-0.1, -0.05) is 60.7 Å². The molecule has 2 rings (SSSR count). The van der Waals surface area contributed by atoms with Crippen molar-refractivity contribution in [1.29, 1.82) is 0 Å². The van der Waals surface area contributed by atoms with Gasteiger partial charge in [0.2, 0.25) is 0 Å². The first-order valence-corrected chi connectivity index (χ1v) is 8.35. The van der Waals surface area contributed by atoms with Gasteiger partial charge in [-0.15, -0.1) is 0 Å². The quantitative estimate of drug-likeness (QED) is 0.335. The van der Waals surface area contributed by atoms with Gasteiger partial charge in [0.15, 0.2) is 5.11 Å². The van der Waals surface area contributed by atoms with E-state index in [1.54, 1.807) is 7.11 Å². The number of hydrazone groups is 1. The molecule has 0 aliphatic rings. The van der Waals surface area contributed by atoms with Crippen LogP contribution < -0.4 is 10.7 Å². The third-order valence-corrected chi connectivity index (χ3v) is 3.64. The topological polar surface area (TPSA) is 45.6 Å². The average molecular weight is 341 g/mol. The molecule has 2 N–H and O–H groups in total. The maximum atomic E-state index is 5.23. The summed E-state index contributed by atoms with van der Waals surface area (Å²) >= 11 is 5.23. The standard InChI is InChI=1S/C19H23N3OS/c1-23-13-12-20-19(24)22-21-18(14-16-8-4-2-5-9-16)15-17-10-6-3-7-11-17/h2-11H,12-15H2,1H3,(H2,20,22,24). The molecule has 0 amide bonds. The van der Waals surface area contributed by atoms with E-state index in [4.69, 9.17) is 17.0 Å². The van der Waals surface area contributed by atoms with E-state index in [1.807, 2.05) is 36.4 Å². The zero-order valence-electron chi connectivity index (χ0n) is 13.9. The van der Waals surface area contributed by atoms with Gasteiger partial charge in [-0.25, -0.2) is 0 Å². The van der Waals surface area contributed by atoms with Crippen molar-refractivity contribution in [2.75, 3.05) is 20.3 Å². The van der Waals surface area contributed by atoms with E-state index in [1.165, 1.54) is 11.1 Å². The second kappa shape index (κ2) is 10.5. The molecule has 0 aliphatic heterocycles. The number of hydrogen-bond donors (Lipinski definition) is 2. The van der Waals surface area contributed by atoms with Crippen molar-refractivity contribution in [3.63, 3.8) is 0 Å². The summed E-state index contributed by atoms with van der Waals surface area (Å²) in [7, 11) is 1.66. The second-order valence-electron chi connectivity index (χ2n) is 5.36. The highest BCUT2D eigenvalue weighted by Gasteiger charge is 2.04. The number of benzene rings is 2. The molecule has 0 unspecified atom stereocenters. The molecule has 24 heavy (non-hydrogen) atoms. The zero-order chi connectivity index (χ0) is 17.0. The maximum absolute atomic E-state index is 5.23. The largest absolute Gasteiger partial charge is 0.383 e. The Balaban J connectivity index is 2.01. The molecular formula is C19H23N3OS. The lowest BCUT2D eigenvalue weighted by Crippen LogP contribution is -2.35. The summed E-state index contributed by atoms with van der Waals surface area (Å²) in [5.74, 6) is 0. The minimum absolute atomic E-state index is 0.505. The first-order chi connectivity index (χ1) is 11.8. The van der Waals surface area contributed by atoms with Crippen LogP contribution in [0.5, 0.6) is 0 Å². The first-order valence-electron chi connectivity index (χ1n) is 7.94. The number of thiocarbonyl (C=S) groups is 1. The predicted octanol–water partition coefficient (Wildman–Crippen LogP) is 2.94. The Bertz CT molecular complexity index is 601. The summed E-state index contributed by atoms with van der Waals surface area (Å²) < 4.78 is 4.99. The number of hydrogen-bond acceptors (Lipinski definition) is 3. The summed E-state index contributed by atoms with van der Waals surface area (Å²) in [6.45, 7) is 1.26. The van der Waals surface area contributed by atoms with Gasteiger partial charge in [0.05, 0.1) is 6.61 Å². The summed E-state index contributed by atoms with van der Waals surface area (Å²) in [6.07, 6.45) is 1.56. The van der Waals surface area contributed by atoms with Crippen LogP contribution in [0.25, 0.3) is 0 Å². The van der Waals surface area contributed by atoms with E-state index in [0.717, 1.165) is 18.6 Å². The van der Waals surface area contributed by atoms with Crippen molar-refractivity contribution in [1.82, 2.24) is 10.7 Å². The lowest BCUT2D eigenvalue weighted by atomic mass is 10.0. The molecule has 126 valence electrons. The molecule has 2 aromatic carbocycles. The maximum Gasteiger partial charge on any atom is 0.187 e. The number of nitrogens with one attached hydrogen (secondary N) is 2. The van der Waals surface area contributed by atoms with Crippen LogP contribution in [0.15, 0.2) is 65.8 Å². The molecule has 0 radical (unpaired) electrons. The summed E-state index contributed by atoms with van der Waals surface area (Å²) in [5.41, 5.74) is 6.42. The SMILES string of the molecule is COCCNC(=S)NN=C(Cc1ccccc1)Cc1ccccc1. The highest BCUT2D eigenvalue weighted by Crippen LogP contribution is 2.07. The molecule has 0 heterocycles. The van der Waals surface area contributed by atoms with Gasteiger partial charge in [-0.3, -0.25) is 5.43 Å². The van der Waals surface area contributed by atoms with E-state index in [0.29, 0.717) is 18.3 Å². The molecule has 0 saturated heterocycles. The van der Waals surface area contributed by atoms with Crippen molar-refractivity contribution < 1.29 is 4.74 Å². The minimum atomic E-state index is 0.505. The van der Waals surface area contributed by atoms with Crippen LogP contribution in [-0.2, 0) is 17.6 Å². The Morgan fingerprint density at radius 2 is 1.50 bits per heavy atom. The van der Waals surface area contributed by atoms with Gasteiger partial charge >= 0.3 is 0 Å². The van der Waals surface area contributed by atoms with Crippen LogP contribution in [0, 0.1) is 0 Å². The Hall–Kier alpha value is -2.24. The Morgan fingerprint density at radius 3 is 2.00 bits per heavy atom. The number of methoxy groups -OCH3 is 1. The van der Waals surface area contributed by atoms with Gasteiger partial charge in [0.1, 0.15) is 0 Å². The van der Waals surface area contributed by atoms with E-state index >= 15 is 0 Å². The van der Waals surface area contributed by atoms with E-state index in [-0.39, 0.29) is 0 Å². The summed E-state index contributed by atoms with van der Waals surface area (Å²) in [6, 6.07) is 20.6. The van der Waals surface area contributed by atoms with Crippen LogP contribution in [0.4, 0.5) is 0 Å². The minimum Gasteiger partial charge on any atom is -0.383 e. The van der Waals surface area contributed by atoms with Crippen molar-refractivity contribution >= 4 is 23.0 Å². The number of rotatable bonds is 8. The van der Waals surface area contributed by atoms with E-state index in [2.05, 4.69) is 40.1 Å². The average Bonchev–Trinajstić information content (AvgIpc) is 2.62. The number of nitrogens with zero attached hydrogens (tertiary/aromatic N) is 1. The van der Waals surface area contributed by atoms with Gasteiger partial charge in [0, 0.05) is 32.2 Å². The smallest absolute Gasteiger partial charge is 0.187 e. The third-order valence-electron chi connectivity index (χ3n) is 3.41. The van der Waals surface area contributed by atoms with E-state index in [9.17, 15) is 0 Å². The highest BCUT2D eigenvalue weighted by molar-refractivity contribution is 7.80. The second-order valence-corrected chi connectivity index (χ2v) is 5.77. The lowest BCUT2D eigenvalue weighted by molar-refractivity contribution is 0.204. The fourth-order valence-electron chi connectivity index (χ4n) is 2.24. The molecule has 4 nitrogen and oxygen atoms in total. The van der Waals surface area contributed by atoms with Gasteiger partial charge in [-0.05, 0) is 23.3 Å². The van der Waals surface area contributed by atoms with E-state index < -0.39 is 0 Å². The zero-order valence-corrected chi connectivity index (χ0v) is 14.7. The Kier molecular flexibility index (Phi) is 7.93. The molecule has 0 atom stereocenters. The molecule has 0 bridgehead atoms. The monoisotopic (exact) mass is 341 g/mol. The van der Waals surface area contributed by atoms with Crippen molar-refractivity contribution in [3.05, 3.63) is 71.8 Å². The van der Waals surface area contributed by atoms with Crippen molar-refractivity contribution in [2.45, 2.75) is 12.8 Å². The number of ether oxygens (including phenoxy) is 1.